The third-order valence-corrected chi connectivity index (χ3v) is 4.50. The van der Waals surface area contributed by atoms with E-state index in [9.17, 15) is 0 Å². The van der Waals surface area contributed by atoms with Crippen LogP contribution in [0.1, 0.15) is 51.7 Å². The second kappa shape index (κ2) is 6.62. The standard InChI is InChI=1S/C18H30N2/c1-13(2)19-12-17-6-7-18(11-15(17)4)20-9-8-14(3)10-16(20)5/h6-7,11,13-14,16,19H,8-10,12H2,1-5H3. The predicted molar refractivity (Wildman–Crippen MR) is 88.4 cm³/mol. The van der Waals surface area contributed by atoms with Crippen LogP contribution in [0.15, 0.2) is 18.2 Å². The van der Waals surface area contributed by atoms with E-state index in [2.05, 4.69) is 63.0 Å². The van der Waals surface area contributed by atoms with Crippen molar-refractivity contribution in [2.45, 2.75) is 66.1 Å². The fraction of sp³-hybridized carbons (Fsp3) is 0.667. The molecule has 0 amide bonds. The summed E-state index contributed by atoms with van der Waals surface area (Å²) in [6.45, 7) is 13.5. The lowest BCUT2D eigenvalue weighted by atomic mass is 9.92. The first-order chi connectivity index (χ1) is 9.47. The summed E-state index contributed by atoms with van der Waals surface area (Å²) in [5.41, 5.74) is 4.22. The quantitative estimate of drug-likeness (QED) is 0.888. The summed E-state index contributed by atoms with van der Waals surface area (Å²) in [4.78, 5) is 2.58. The first-order valence-corrected chi connectivity index (χ1v) is 8.07. The molecule has 2 heteroatoms. The van der Waals surface area contributed by atoms with Crippen LogP contribution in [-0.4, -0.2) is 18.6 Å². The maximum Gasteiger partial charge on any atom is 0.0371 e. The second-order valence-corrected chi connectivity index (χ2v) is 6.82. The summed E-state index contributed by atoms with van der Waals surface area (Å²) in [6.07, 6.45) is 2.63. The van der Waals surface area contributed by atoms with Crippen LogP contribution in [-0.2, 0) is 6.54 Å². The lowest BCUT2D eigenvalue weighted by Gasteiger charge is -2.38. The van der Waals surface area contributed by atoms with E-state index in [1.54, 1.807) is 0 Å². The molecule has 2 rings (SSSR count). The fourth-order valence-electron chi connectivity index (χ4n) is 3.16. The molecule has 2 atom stereocenters. The van der Waals surface area contributed by atoms with E-state index in [0.717, 1.165) is 12.5 Å². The molecule has 0 saturated carbocycles. The summed E-state index contributed by atoms with van der Waals surface area (Å²) in [6, 6.07) is 8.17. The lowest BCUT2D eigenvalue weighted by molar-refractivity contribution is 0.378. The number of hydrogen-bond acceptors (Lipinski definition) is 2. The zero-order valence-corrected chi connectivity index (χ0v) is 13.7. The number of rotatable bonds is 4. The van der Waals surface area contributed by atoms with Crippen molar-refractivity contribution in [3.8, 4) is 0 Å². The average Bonchev–Trinajstić information content (AvgIpc) is 2.37. The highest BCUT2D eigenvalue weighted by Gasteiger charge is 2.23. The molecular formula is C18H30N2. The topological polar surface area (TPSA) is 15.3 Å². The summed E-state index contributed by atoms with van der Waals surface area (Å²) in [7, 11) is 0. The molecule has 1 heterocycles. The number of benzene rings is 1. The van der Waals surface area contributed by atoms with Gasteiger partial charge in [0, 0.05) is 30.9 Å². The second-order valence-electron chi connectivity index (χ2n) is 6.82. The summed E-state index contributed by atoms with van der Waals surface area (Å²) < 4.78 is 0. The molecule has 1 N–H and O–H groups in total. The molecule has 2 nitrogen and oxygen atoms in total. The number of nitrogens with one attached hydrogen (secondary N) is 1. The van der Waals surface area contributed by atoms with Gasteiger partial charge in [0.25, 0.3) is 0 Å². The molecule has 2 unspecified atom stereocenters. The Morgan fingerprint density at radius 2 is 2.05 bits per heavy atom. The highest BCUT2D eigenvalue weighted by atomic mass is 15.2. The lowest BCUT2D eigenvalue weighted by Crippen LogP contribution is -2.40. The van der Waals surface area contributed by atoms with Gasteiger partial charge >= 0.3 is 0 Å². The van der Waals surface area contributed by atoms with Crippen molar-refractivity contribution in [2.75, 3.05) is 11.4 Å². The van der Waals surface area contributed by atoms with Gasteiger partial charge in [0.05, 0.1) is 0 Å². The molecule has 0 aliphatic carbocycles. The maximum atomic E-state index is 3.50. The normalized spacial score (nSPS) is 23.4. The minimum absolute atomic E-state index is 0.540. The van der Waals surface area contributed by atoms with E-state index < -0.39 is 0 Å². The summed E-state index contributed by atoms with van der Waals surface area (Å²) >= 11 is 0. The van der Waals surface area contributed by atoms with Crippen molar-refractivity contribution in [3.63, 3.8) is 0 Å². The minimum Gasteiger partial charge on any atom is -0.369 e. The van der Waals surface area contributed by atoms with Crippen molar-refractivity contribution in [2.24, 2.45) is 5.92 Å². The summed E-state index contributed by atoms with van der Waals surface area (Å²) in [5.74, 6) is 0.872. The Kier molecular flexibility index (Phi) is 5.09. The third-order valence-electron chi connectivity index (χ3n) is 4.50. The number of nitrogens with zero attached hydrogens (tertiary/aromatic N) is 1. The van der Waals surface area contributed by atoms with Gasteiger partial charge in [0.2, 0.25) is 0 Å². The van der Waals surface area contributed by atoms with Crippen LogP contribution in [0.4, 0.5) is 5.69 Å². The van der Waals surface area contributed by atoms with Gasteiger partial charge in [-0.2, -0.15) is 0 Å². The van der Waals surface area contributed by atoms with Crippen molar-refractivity contribution < 1.29 is 0 Å². The Bertz CT molecular complexity index is 439. The van der Waals surface area contributed by atoms with Crippen molar-refractivity contribution in [3.05, 3.63) is 29.3 Å². The van der Waals surface area contributed by atoms with Crippen LogP contribution in [0.2, 0.25) is 0 Å². The first kappa shape index (κ1) is 15.4. The zero-order valence-electron chi connectivity index (χ0n) is 13.7. The van der Waals surface area contributed by atoms with E-state index in [1.807, 2.05) is 0 Å². The van der Waals surface area contributed by atoms with Crippen LogP contribution < -0.4 is 10.2 Å². The van der Waals surface area contributed by atoms with Crippen LogP contribution in [0, 0.1) is 12.8 Å². The van der Waals surface area contributed by atoms with Gasteiger partial charge in [-0.05, 0) is 55.9 Å². The molecule has 0 spiro atoms. The highest BCUT2D eigenvalue weighted by Crippen LogP contribution is 2.29. The Balaban J connectivity index is 2.08. The molecule has 1 saturated heterocycles. The molecule has 1 aromatic carbocycles. The number of hydrogen-bond donors (Lipinski definition) is 1. The Labute approximate surface area is 124 Å². The van der Waals surface area contributed by atoms with Gasteiger partial charge in [-0.25, -0.2) is 0 Å². The average molecular weight is 274 g/mol. The highest BCUT2D eigenvalue weighted by molar-refractivity contribution is 5.52. The molecule has 112 valence electrons. The van der Waals surface area contributed by atoms with Gasteiger partial charge in [0.15, 0.2) is 0 Å². The Hall–Kier alpha value is -1.02. The van der Waals surface area contributed by atoms with Crippen LogP contribution in [0.5, 0.6) is 0 Å². The predicted octanol–water partition coefficient (Wildman–Crippen LogP) is 4.12. The van der Waals surface area contributed by atoms with E-state index in [1.165, 1.54) is 36.2 Å². The molecule has 0 aromatic heterocycles. The van der Waals surface area contributed by atoms with Crippen LogP contribution >= 0.6 is 0 Å². The number of piperidine rings is 1. The number of anilines is 1. The van der Waals surface area contributed by atoms with E-state index in [4.69, 9.17) is 0 Å². The van der Waals surface area contributed by atoms with Gasteiger partial charge in [-0.15, -0.1) is 0 Å². The van der Waals surface area contributed by atoms with Gasteiger partial charge in [0.1, 0.15) is 0 Å². The van der Waals surface area contributed by atoms with Gasteiger partial charge in [-0.3, -0.25) is 0 Å². The Morgan fingerprint density at radius 3 is 2.65 bits per heavy atom. The zero-order chi connectivity index (χ0) is 14.7. The van der Waals surface area contributed by atoms with E-state index >= 15 is 0 Å². The third kappa shape index (κ3) is 3.76. The van der Waals surface area contributed by atoms with Crippen LogP contribution in [0.3, 0.4) is 0 Å². The molecule has 1 aliphatic rings. The largest absolute Gasteiger partial charge is 0.369 e. The fourth-order valence-corrected chi connectivity index (χ4v) is 3.16. The van der Waals surface area contributed by atoms with Crippen molar-refractivity contribution in [1.82, 2.24) is 5.32 Å². The molecule has 1 fully saturated rings. The van der Waals surface area contributed by atoms with E-state index in [0.29, 0.717) is 12.1 Å². The number of aryl methyl sites for hydroxylation is 1. The van der Waals surface area contributed by atoms with Gasteiger partial charge in [-0.1, -0.05) is 26.8 Å². The molecule has 1 aromatic rings. The molecule has 0 bridgehead atoms. The van der Waals surface area contributed by atoms with Crippen molar-refractivity contribution in [1.29, 1.82) is 0 Å². The Morgan fingerprint density at radius 1 is 1.30 bits per heavy atom. The smallest absolute Gasteiger partial charge is 0.0371 e. The molecule has 20 heavy (non-hydrogen) atoms. The minimum atomic E-state index is 0.540. The summed E-state index contributed by atoms with van der Waals surface area (Å²) in [5, 5.41) is 3.50. The SMILES string of the molecule is Cc1cc(N2CCC(C)CC2C)ccc1CNC(C)C. The van der Waals surface area contributed by atoms with Crippen LogP contribution in [0.25, 0.3) is 0 Å². The molecule has 0 radical (unpaired) electrons. The van der Waals surface area contributed by atoms with E-state index in [-0.39, 0.29) is 0 Å². The maximum absolute atomic E-state index is 3.50. The molecule has 1 aliphatic heterocycles. The van der Waals surface area contributed by atoms with Crippen molar-refractivity contribution >= 4 is 5.69 Å². The molecular weight excluding hydrogens is 244 g/mol. The first-order valence-electron chi connectivity index (χ1n) is 8.07. The van der Waals surface area contributed by atoms with Gasteiger partial charge < -0.3 is 10.2 Å². The monoisotopic (exact) mass is 274 g/mol.